The topological polar surface area (TPSA) is 6.25 Å². The highest BCUT2D eigenvalue weighted by Gasteiger charge is 2.12. The van der Waals surface area contributed by atoms with Crippen LogP contribution in [0.15, 0.2) is 10.7 Å². The van der Waals surface area contributed by atoms with E-state index in [1.807, 2.05) is 44.6 Å². The van der Waals surface area contributed by atoms with Crippen molar-refractivity contribution in [3.63, 3.8) is 0 Å². The third kappa shape index (κ3) is 3.03. The summed E-state index contributed by atoms with van der Waals surface area (Å²) in [5.74, 6) is 0. The van der Waals surface area contributed by atoms with Crippen LogP contribution in [0.4, 0.5) is 0 Å². The monoisotopic (exact) mass is 209 g/mol. The molecule has 0 aromatic rings. The van der Waals surface area contributed by atoms with Gasteiger partial charge in [-0.25, -0.2) is 4.58 Å². The standard InChI is InChI=1S/C8H15Cl2N2/c1-6(7(9)11(2)3)8(10)12(4)5/h1-5H3/q+1. The van der Waals surface area contributed by atoms with E-state index < -0.39 is 0 Å². The van der Waals surface area contributed by atoms with Crippen molar-refractivity contribution in [2.24, 2.45) is 0 Å². The molecule has 0 aromatic carbocycles. The Morgan fingerprint density at radius 2 is 1.58 bits per heavy atom. The highest BCUT2D eigenvalue weighted by Crippen LogP contribution is 2.14. The van der Waals surface area contributed by atoms with Crippen molar-refractivity contribution in [2.45, 2.75) is 6.92 Å². The van der Waals surface area contributed by atoms with Crippen LogP contribution in [0.5, 0.6) is 0 Å². The van der Waals surface area contributed by atoms with Crippen molar-refractivity contribution in [3.05, 3.63) is 10.7 Å². The molecule has 0 spiro atoms. The lowest BCUT2D eigenvalue weighted by Crippen LogP contribution is -2.15. The van der Waals surface area contributed by atoms with Crippen LogP contribution in [-0.4, -0.2) is 42.8 Å². The second-order valence-corrected chi connectivity index (χ2v) is 3.71. The molecule has 0 rings (SSSR count). The smallest absolute Gasteiger partial charge is 0.275 e. The predicted molar refractivity (Wildman–Crippen MR) is 55.2 cm³/mol. The number of rotatable bonds is 2. The van der Waals surface area contributed by atoms with Crippen molar-refractivity contribution in [2.75, 3.05) is 28.2 Å². The lowest BCUT2D eigenvalue weighted by atomic mass is 10.3. The van der Waals surface area contributed by atoms with Gasteiger partial charge in [0, 0.05) is 14.1 Å². The molecule has 4 heteroatoms. The highest BCUT2D eigenvalue weighted by molar-refractivity contribution is 6.68. The van der Waals surface area contributed by atoms with E-state index in [1.54, 1.807) is 0 Å². The van der Waals surface area contributed by atoms with Gasteiger partial charge >= 0.3 is 0 Å². The van der Waals surface area contributed by atoms with Gasteiger partial charge in [0.15, 0.2) is 0 Å². The van der Waals surface area contributed by atoms with Crippen LogP contribution in [0, 0.1) is 0 Å². The van der Waals surface area contributed by atoms with Gasteiger partial charge in [-0.05, 0) is 18.5 Å². The molecule has 0 aliphatic heterocycles. The van der Waals surface area contributed by atoms with Crippen molar-refractivity contribution < 1.29 is 4.58 Å². The molecule has 0 aromatic heterocycles. The van der Waals surface area contributed by atoms with Gasteiger partial charge in [0.05, 0.1) is 5.57 Å². The van der Waals surface area contributed by atoms with E-state index in [0.717, 1.165) is 5.57 Å². The van der Waals surface area contributed by atoms with Gasteiger partial charge in [-0.2, -0.15) is 0 Å². The molecule has 0 fully saturated rings. The van der Waals surface area contributed by atoms with Gasteiger partial charge in [0.25, 0.3) is 5.17 Å². The minimum Gasteiger partial charge on any atom is -0.368 e. The largest absolute Gasteiger partial charge is 0.368 e. The molecule has 0 atom stereocenters. The predicted octanol–water partition coefficient (Wildman–Crippen LogP) is 1.93. The summed E-state index contributed by atoms with van der Waals surface area (Å²) in [5, 5.41) is 1.32. The maximum absolute atomic E-state index is 5.98. The summed E-state index contributed by atoms with van der Waals surface area (Å²) in [6.07, 6.45) is 0. The van der Waals surface area contributed by atoms with Crippen LogP contribution >= 0.6 is 23.2 Å². The Hall–Kier alpha value is -0.210. The zero-order valence-electron chi connectivity index (χ0n) is 8.15. The van der Waals surface area contributed by atoms with E-state index in [0.29, 0.717) is 10.3 Å². The summed E-state index contributed by atoms with van der Waals surface area (Å²) >= 11 is 12.0. The van der Waals surface area contributed by atoms with E-state index in [-0.39, 0.29) is 0 Å². The fraction of sp³-hybridized carbons (Fsp3) is 0.625. The Kier molecular flexibility index (Phi) is 4.64. The van der Waals surface area contributed by atoms with Crippen LogP contribution in [-0.2, 0) is 0 Å². The van der Waals surface area contributed by atoms with Crippen LogP contribution in [0.1, 0.15) is 6.92 Å². The first-order valence-corrected chi connectivity index (χ1v) is 4.37. The first kappa shape index (κ1) is 11.8. The molecule has 0 amide bonds. The Balaban J connectivity index is 4.93. The van der Waals surface area contributed by atoms with Crippen LogP contribution < -0.4 is 0 Å². The quantitative estimate of drug-likeness (QED) is 0.383. The minimum absolute atomic E-state index is 0.661. The van der Waals surface area contributed by atoms with Crippen LogP contribution in [0.3, 0.4) is 0 Å². The summed E-state index contributed by atoms with van der Waals surface area (Å²) < 4.78 is 1.82. The van der Waals surface area contributed by atoms with Crippen molar-refractivity contribution >= 4 is 28.4 Å². The molecule has 0 bridgehead atoms. The van der Waals surface area contributed by atoms with Crippen molar-refractivity contribution in [1.82, 2.24) is 4.90 Å². The highest BCUT2D eigenvalue weighted by atomic mass is 35.5. The molecular weight excluding hydrogens is 195 g/mol. The van der Waals surface area contributed by atoms with Gasteiger partial charge in [-0.1, -0.05) is 11.6 Å². The molecular formula is C8H15Cl2N2+. The number of hydrogen-bond donors (Lipinski definition) is 0. The van der Waals surface area contributed by atoms with Crippen LogP contribution in [0.25, 0.3) is 0 Å². The molecule has 70 valence electrons. The first-order chi connectivity index (χ1) is 5.37. The van der Waals surface area contributed by atoms with Gasteiger partial charge in [-0.15, -0.1) is 0 Å². The average Bonchev–Trinajstić information content (AvgIpc) is 2.00. The number of hydrogen-bond acceptors (Lipinski definition) is 1. The minimum atomic E-state index is 0.661. The van der Waals surface area contributed by atoms with Gasteiger partial charge < -0.3 is 4.90 Å². The molecule has 0 saturated carbocycles. The summed E-state index contributed by atoms with van der Waals surface area (Å²) in [5.41, 5.74) is 0.883. The van der Waals surface area contributed by atoms with Crippen LogP contribution in [0.2, 0.25) is 0 Å². The summed E-state index contributed by atoms with van der Waals surface area (Å²) in [6.45, 7) is 1.89. The molecule has 0 unspecified atom stereocenters. The number of allylic oxidation sites excluding steroid dienone is 1. The fourth-order valence-electron chi connectivity index (χ4n) is 0.756. The number of halogens is 2. The van der Waals surface area contributed by atoms with E-state index in [9.17, 15) is 0 Å². The second kappa shape index (κ2) is 4.73. The summed E-state index contributed by atoms with van der Waals surface area (Å²) in [6, 6.07) is 0. The Morgan fingerprint density at radius 1 is 1.17 bits per heavy atom. The average molecular weight is 210 g/mol. The molecule has 0 saturated heterocycles. The Morgan fingerprint density at radius 3 is 1.83 bits per heavy atom. The van der Waals surface area contributed by atoms with Gasteiger partial charge in [0.1, 0.15) is 19.3 Å². The zero-order valence-corrected chi connectivity index (χ0v) is 9.66. The third-order valence-electron chi connectivity index (χ3n) is 1.40. The molecule has 0 aliphatic carbocycles. The summed E-state index contributed by atoms with van der Waals surface area (Å²) in [7, 11) is 7.52. The lowest BCUT2D eigenvalue weighted by Gasteiger charge is -2.11. The molecule has 0 heterocycles. The van der Waals surface area contributed by atoms with E-state index in [1.165, 1.54) is 0 Å². The Bertz CT molecular complexity index is 225. The molecule has 2 nitrogen and oxygen atoms in total. The Labute approximate surface area is 84.1 Å². The molecule has 0 radical (unpaired) electrons. The van der Waals surface area contributed by atoms with Gasteiger partial charge in [-0.3, -0.25) is 0 Å². The van der Waals surface area contributed by atoms with Gasteiger partial charge in [0.2, 0.25) is 0 Å². The molecule has 0 N–H and O–H groups in total. The zero-order chi connectivity index (χ0) is 9.89. The second-order valence-electron chi connectivity index (χ2n) is 3.00. The number of nitrogens with zero attached hydrogens (tertiary/aromatic N) is 2. The first-order valence-electron chi connectivity index (χ1n) is 3.61. The molecule has 0 aliphatic rings. The molecule has 12 heavy (non-hydrogen) atoms. The SMILES string of the molecule is C/C(C(Cl)=[N+](C)C)=C(/Cl)N(C)C. The third-order valence-corrected chi connectivity index (χ3v) is 2.65. The van der Waals surface area contributed by atoms with E-state index in [4.69, 9.17) is 23.2 Å². The van der Waals surface area contributed by atoms with E-state index >= 15 is 0 Å². The normalized spacial score (nSPS) is 12.2. The fourth-order valence-corrected chi connectivity index (χ4v) is 0.983. The summed E-state index contributed by atoms with van der Waals surface area (Å²) in [4.78, 5) is 1.82. The lowest BCUT2D eigenvalue weighted by molar-refractivity contribution is -0.461. The van der Waals surface area contributed by atoms with E-state index in [2.05, 4.69) is 0 Å². The maximum Gasteiger partial charge on any atom is 0.275 e. The maximum atomic E-state index is 5.98. The van der Waals surface area contributed by atoms with Crippen molar-refractivity contribution in [3.8, 4) is 0 Å². The van der Waals surface area contributed by atoms with Crippen molar-refractivity contribution in [1.29, 1.82) is 0 Å².